The lowest BCUT2D eigenvalue weighted by Gasteiger charge is -2.36. The minimum atomic E-state index is 0.699. The summed E-state index contributed by atoms with van der Waals surface area (Å²) in [6.45, 7) is 3.53. The molecule has 0 amide bonds. The third-order valence-electron chi connectivity index (χ3n) is 3.87. The van der Waals surface area contributed by atoms with Gasteiger partial charge in [-0.2, -0.15) is 0 Å². The van der Waals surface area contributed by atoms with E-state index >= 15 is 0 Å². The third-order valence-corrected chi connectivity index (χ3v) is 4.12. The van der Waals surface area contributed by atoms with Gasteiger partial charge < -0.3 is 10.2 Å². The van der Waals surface area contributed by atoms with Crippen LogP contribution in [0.4, 0.5) is 5.69 Å². The summed E-state index contributed by atoms with van der Waals surface area (Å²) in [4.78, 5) is 2.47. The Morgan fingerprint density at radius 1 is 1.19 bits per heavy atom. The number of fused-ring (bicyclic) bond motifs is 1. The van der Waals surface area contributed by atoms with Crippen LogP contribution < -0.4 is 10.2 Å². The van der Waals surface area contributed by atoms with Gasteiger partial charge in [0.1, 0.15) is 0 Å². The van der Waals surface area contributed by atoms with Crippen LogP contribution in [-0.2, 0) is 0 Å². The molecule has 1 aromatic rings. The second-order valence-electron chi connectivity index (χ2n) is 4.82. The van der Waals surface area contributed by atoms with Crippen LogP contribution in [-0.4, -0.2) is 25.7 Å². The molecular formula is C13H17ClN2. The van der Waals surface area contributed by atoms with Crippen molar-refractivity contribution < 1.29 is 0 Å². The van der Waals surface area contributed by atoms with Crippen molar-refractivity contribution in [1.29, 1.82) is 0 Å². The van der Waals surface area contributed by atoms with Gasteiger partial charge in [-0.1, -0.05) is 11.6 Å². The molecule has 1 N–H and O–H groups in total. The molecule has 2 unspecified atom stereocenters. The molecule has 0 radical (unpaired) electrons. The topological polar surface area (TPSA) is 15.3 Å². The summed E-state index contributed by atoms with van der Waals surface area (Å²) in [6, 6.07) is 8.90. The fourth-order valence-corrected chi connectivity index (χ4v) is 3.04. The summed E-state index contributed by atoms with van der Waals surface area (Å²) >= 11 is 5.91. The van der Waals surface area contributed by atoms with Crippen molar-refractivity contribution in [3.8, 4) is 0 Å². The molecule has 0 aromatic heterocycles. The number of benzene rings is 1. The molecule has 2 aliphatic heterocycles. The summed E-state index contributed by atoms with van der Waals surface area (Å²) in [6.07, 6.45) is 2.68. The number of hydrogen-bond acceptors (Lipinski definition) is 2. The molecule has 2 nitrogen and oxygen atoms in total. The van der Waals surface area contributed by atoms with Gasteiger partial charge in [0.05, 0.1) is 0 Å². The van der Waals surface area contributed by atoms with Crippen LogP contribution >= 0.6 is 11.6 Å². The average molecular weight is 237 g/mol. The lowest BCUT2D eigenvalue weighted by Crippen LogP contribution is -2.46. The van der Waals surface area contributed by atoms with E-state index < -0.39 is 0 Å². The molecule has 2 fully saturated rings. The van der Waals surface area contributed by atoms with E-state index in [0.29, 0.717) is 6.04 Å². The molecule has 0 spiro atoms. The summed E-state index contributed by atoms with van der Waals surface area (Å²) in [5.74, 6) is 0.906. The molecule has 2 heterocycles. The molecule has 2 atom stereocenters. The van der Waals surface area contributed by atoms with Crippen molar-refractivity contribution in [1.82, 2.24) is 5.32 Å². The monoisotopic (exact) mass is 236 g/mol. The number of anilines is 1. The number of nitrogens with zero attached hydrogens (tertiary/aromatic N) is 1. The second kappa shape index (κ2) is 4.27. The van der Waals surface area contributed by atoms with Crippen LogP contribution in [0.5, 0.6) is 0 Å². The van der Waals surface area contributed by atoms with E-state index in [-0.39, 0.29) is 0 Å². The number of nitrogens with one attached hydrogen (secondary N) is 1. The van der Waals surface area contributed by atoms with Crippen molar-refractivity contribution >= 4 is 17.3 Å². The van der Waals surface area contributed by atoms with E-state index in [2.05, 4.69) is 22.3 Å². The van der Waals surface area contributed by atoms with Crippen molar-refractivity contribution in [2.24, 2.45) is 5.92 Å². The highest BCUT2D eigenvalue weighted by molar-refractivity contribution is 6.30. The predicted octanol–water partition coefficient (Wildman–Crippen LogP) is 2.53. The Morgan fingerprint density at radius 2 is 2.00 bits per heavy atom. The van der Waals surface area contributed by atoms with Gasteiger partial charge in [0, 0.05) is 29.8 Å². The fraction of sp³-hybridized carbons (Fsp3) is 0.538. The van der Waals surface area contributed by atoms with Crippen LogP contribution in [0.25, 0.3) is 0 Å². The zero-order chi connectivity index (χ0) is 11.0. The van der Waals surface area contributed by atoms with E-state index in [1.807, 2.05) is 12.1 Å². The lowest BCUT2D eigenvalue weighted by molar-refractivity contribution is 0.374. The molecule has 3 heteroatoms. The summed E-state index contributed by atoms with van der Waals surface area (Å²) in [7, 11) is 0. The molecule has 2 saturated heterocycles. The number of piperidine rings is 1. The van der Waals surface area contributed by atoms with Gasteiger partial charge in [-0.3, -0.25) is 0 Å². The maximum atomic E-state index is 5.91. The van der Waals surface area contributed by atoms with E-state index in [1.54, 1.807) is 0 Å². The summed E-state index contributed by atoms with van der Waals surface area (Å²) in [5.41, 5.74) is 1.30. The standard InChI is InChI=1S/C13H17ClN2/c14-11-1-3-12(4-2-11)16-8-6-10-5-7-15-13(10)9-16/h1-4,10,13,15H,5-9H2. The zero-order valence-electron chi connectivity index (χ0n) is 9.32. The van der Waals surface area contributed by atoms with E-state index in [1.165, 1.54) is 31.6 Å². The first-order valence-electron chi connectivity index (χ1n) is 6.07. The van der Waals surface area contributed by atoms with Crippen molar-refractivity contribution in [2.45, 2.75) is 18.9 Å². The van der Waals surface area contributed by atoms with Crippen LogP contribution in [0.2, 0.25) is 5.02 Å². The van der Waals surface area contributed by atoms with Gasteiger partial charge in [0.15, 0.2) is 0 Å². The van der Waals surface area contributed by atoms with Gasteiger partial charge in [-0.15, -0.1) is 0 Å². The smallest absolute Gasteiger partial charge is 0.0407 e. The first-order valence-corrected chi connectivity index (χ1v) is 6.44. The van der Waals surface area contributed by atoms with Crippen LogP contribution in [0.3, 0.4) is 0 Å². The van der Waals surface area contributed by atoms with Gasteiger partial charge in [-0.25, -0.2) is 0 Å². The normalized spacial score (nSPS) is 29.2. The molecule has 3 rings (SSSR count). The maximum Gasteiger partial charge on any atom is 0.0407 e. The first-order chi connectivity index (χ1) is 7.83. The van der Waals surface area contributed by atoms with E-state index in [0.717, 1.165) is 17.5 Å². The minimum Gasteiger partial charge on any atom is -0.370 e. The highest BCUT2D eigenvalue weighted by Gasteiger charge is 2.32. The predicted molar refractivity (Wildman–Crippen MR) is 68.2 cm³/mol. The average Bonchev–Trinajstić information content (AvgIpc) is 2.77. The summed E-state index contributed by atoms with van der Waals surface area (Å²) < 4.78 is 0. The van der Waals surface area contributed by atoms with Gasteiger partial charge in [-0.05, 0) is 49.6 Å². The van der Waals surface area contributed by atoms with Crippen LogP contribution in [0.1, 0.15) is 12.8 Å². The summed E-state index contributed by atoms with van der Waals surface area (Å²) in [5, 5.41) is 4.42. The fourth-order valence-electron chi connectivity index (χ4n) is 2.92. The third kappa shape index (κ3) is 1.92. The van der Waals surface area contributed by atoms with Crippen molar-refractivity contribution in [3.05, 3.63) is 29.3 Å². The molecule has 16 heavy (non-hydrogen) atoms. The number of rotatable bonds is 1. The van der Waals surface area contributed by atoms with Crippen LogP contribution in [0, 0.1) is 5.92 Å². The highest BCUT2D eigenvalue weighted by atomic mass is 35.5. The van der Waals surface area contributed by atoms with Gasteiger partial charge >= 0.3 is 0 Å². The first kappa shape index (κ1) is 10.4. The molecular weight excluding hydrogens is 220 g/mol. The Bertz CT molecular complexity index is 363. The Labute approximate surface area is 102 Å². The largest absolute Gasteiger partial charge is 0.370 e. The quantitative estimate of drug-likeness (QED) is 0.806. The molecule has 1 aromatic carbocycles. The highest BCUT2D eigenvalue weighted by Crippen LogP contribution is 2.28. The minimum absolute atomic E-state index is 0.699. The van der Waals surface area contributed by atoms with Gasteiger partial charge in [0.25, 0.3) is 0 Å². The Balaban J connectivity index is 1.74. The SMILES string of the molecule is Clc1ccc(N2CCC3CCNC3C2)cc1. The second-order valence-corrected chi connectivity index (χ2v) is 5.26. The Kier molecular flexibility index (Phi) is 2.78. The molecule has 0 saturated carbocycles. The molecule has 2 aliphatic rings. The van der Waals surface area contributed by atoms with Crippen molar-refractivity contribution in [2.75, 3.05) is 24.5 Å². The lowest BCUT2D eigenvalue weighted by atomic mass is 9.92. The van der Waals surface area contributed by atoms with E-state index in [9.17, 15) is 0 Å². The molecule has 0 aliphatic carbocycles. The van der Waals surface area contributed by atoms with Gasteiger partial charge in [0.2, 0.25) is 0 Å². The molecule has 0 bridgehead atoms. The van der Waals surface area contributed by atoms with Crippen LogP contribution in [0.15, 0.2) is 24.3 Å². The van der Waals surface area contributed by atoms with Crippen molar-refractivity contribution in [3.63, 3.8) is 0 Å². The van der Waals surface area contributed by atoms with E-state index in [4.69, 9.17) is 11.6 Å². The number of hydrogen-bond donors (Lipinski definition) is 1. The number of halogens is 1. The Hall–Kier alpha value is -0.730. The maximum absolute atomic E-state index is 5.91. The zero-order valence-corrected chi connectivity index (χ0v) is 10.1. The Morgan fingerprint density at radius 3 is 2.81 bits per heavy atom. The molecule has 86 valence electrons.